The molecule has 118 valence electrons. The first-order valence-corrected chi connectivity index (χ1v) is 7.37. The number of ether oxygens (including phenoxy) is 2. The van der Waals surface area contributed by atoms with Gasteiger partial charge >= 0.3 is 0 Å². The lowest BCUT2D eigenvalue weighted by molar-refractivity contribution is -0.130. The van der Waals surface area contributed by atoms with Crippen molar-refractivity contribution in [2.75, 3.05) is 33.9 Å². The molecule has 1 amide bonds. The van der Waals surface area contributed by atoms with Crippen LogP contribution in [0.25, 0.3) is 0 Å². The highest BCUT2D eigenvalue weighted by Crippen LogP contribution is 2.25. The third-order valence-corrected chi connectivity index (χ3v) is 2.93. The van der Waals surface area contributed by atoms with Gasteiger partial charge < -0.3 is 19.7 Å². The Kier molecular flexibility index (Phi) is 7.61. The van der Waals surface area contributed by atoms with Crippen LogP contribution in [0.1, 0.15) is 25.8 Å². The Morgan fingerprint density at radius 3 is 2.62 bits per heavy atom. The molecule has 0 atom stereocenters. The zero-order chi connectivity index (χ0) is 15.7. The molecule has 1 rings (SSSR count). The average molecular weight is 294 g/mol. The molecule has 0 saturated carbocycles. The number of benzene rings is 1. The topological polar surface area (TPSA) is 50.8 Å². The predicted octanol–water partition coefficient (Wildman–Crippen LogP) is 2.05. The Balaban J connectivity index is 2.80. The van der Waals surface area contributed by atoms with Gasteiger partial charge in [0.2, 0.25) is 0 Å². The van der Waals surface area contributed by atoms with E-state index in [1.54, 1.807) is 14.1 Å². The number of hydrogen-bond donors (Lipinski definition) is 1. The average Bonchev–Trinajstić information content (AvgIpc) is 2.49. The summed E-state index contributed by atoms with van der Waals surface area (Å²) in [4.78, 5) is 13.2. The first-order chi connectivity index (χ1) is 10.1. The van der Waals surface area contributed by atoms with Crippen molar-refractivity contribution >= 4 is 5.91 Å². The molecule has 0 aromatic heterocycles. The summed E-state index contributed by atoms with van der Waals surface area (Å²) in [7, 11) is 3.43. The molecule has 5 heteroatoms. The maximum Gasteiger partial charge on any atom is 0.259 e. The molecule has 0 spiro atoms. The quantitative estimate of drug-likeness (QED) is 0.757. The van der Waals surface area contributed by atoms with E-state index in [-0.39, 0.29) is 12.5 Å². The molecule has 1 aromatic carbocycles. The molecular weight excluding hydrogens is 268 g/mol. The molecule has 0 aliphatic heterocycles. The first-order valence-electron chi connectivity index (χ1n) is 7.37. The summed E-state index contributed by atoms with van der Waals surface area (Å²) in [5, 5.41) is 3.26. The summed E-state index contributed by atoms with van der Waals surface area (Å²) in [6, 6.07) is 5.76. The van der Waals surface area contributed by atoms with Crippen LogP contribution in [0.2, 0.25) is 0 Å². The van der Waals surface area contributed by atoms with Crippen LogP contribution in [0, 0.1) is 0 Å². The summed E-state index contributed by atoms with van der Waals surface area (Å²) in [6.07, 6.45) is 0.953. The summed E-state index contributed by atoms with van der Waals surface area (Å²) >= 11 is 0. The minimum Gasteiger partial charge on any atom is -0.493 e. The molecule has 5 nitrogen and oxygen atoms in total. The second-order valence-corrected chi connectivity index (χ2v) is 4.98. The Hall–Kier alpha value is -1.75. The van der Waals surface area contributed by atoms with E-state index in [1.807, 2.05) is 18.2 Å². The van der Waals surface area contributed by atoms with Crippen molar-refractivity contribution in [3.8, 4) is 11.5 Å². The van der Waals surface area contributed by atoms with Gasteiger partial charge in [-0.15, -0.1) is 0 Å². The second-order valence-electron chi connectivity index (χ2n) is 4.98. The number of carbonyl (C=O) groups is 1. The molecule has 0 saturated heterocycles. The Morgan fingerprint density at radius 1 is 1.24 bits per heavy atom. The second kappa shape index (κ2) is 9.23. The highest BCUT2D eigenvalue weighted by molar-refractivity contribution is 5.77. The van der Waals surface area contributed by atoms with Crippen molar-refractivity contribution < 1.29 is 14.3 Å². The monoisotopic (exact) mass is 294 g/mol. The number of nitrogens with zero attached hydrogens (tertiary/aromatic N) is 1. The van der Waals surface area contributed by atoms with Gasteiger partial charge in [0.25, 0.3) is 5.91 Å². The van der Waals surface area contributed by atoms with Crippen molar-refractivity contribution in [1.29, 1.82) is 0 Å². The molecule has 0 radical (unpaired) electrons. The molecule has 0 aliphatic carbocycles. The van der Waals surface area contributed by atoms with Gasteiger partial charge in [-0.2, -0.15) is 0 Å². The van der Waals surface area contributed by atoms with Crippen molar-refractivity contribution in [3.63, 3.8) is 0 Å². The fraction of sp³-hybridized carbons (Fsp3) is 0.562. The molecule has 1 aromatic rings. The van der Waals surface area contributed by atoms with Crippen LogP contribution in [0.5, 0.6) is 11.5 Å². The molecule has 0 aliphatic rings. The van der Waals surface area contributed by atoms with E-state index in [0.29, 0.717) is 18.9 Å². The van der Waals surface area contributed by atoms with Crippen molar-refractivity contribution in [1.82, 2.24) is 10.2 Å². The van der Waals surface area contributed by atoms with Crippen molar-refractivity contribution in [2.24, 2.45) is 0 Å². The number of carbonyl (C=O) groups excluding carboxylic acids is 1. The van der Waals surface area contributed by atoms with Crippen LogP contribution < -0.4 is 14.8 Å². The van der Waals surface area contributed by atoms with E-state index < -0.39 is 0 Å². The summed E-state index contributed by atoms with van der Waals surface area (Å²) < 4.78 is 11.3. The lowest BCUT2D eigenvalue weighted by Crippen LogP contribution is -2.27. The predicted molar refractivity (Wildman–Crippen MR) is 83.8 cm³/mol. The Labute approximate surface area is 127 Å². The van der Waals surface area contributed by atoms with Gasteiger partial charge in [0.15, 0.2) is 6.61 Å². The lowest BCUT2D eigenvalue weighted by Gasteiger charge is -2.15. The van der Waals surface area contributed by atoms with Gasteiger partial charge in [0.05, 0.1) is 6.61 Å². The highest BCUT2D eigenvalue weighted by Gasteiger charge is 2.10. The molecule has 0 heterocycles. The third kappa shape index (κ3) is 6.04. The van der Waals surface area contributed by atoms with Gasteiger partial charge in [0, 0.05) is 32.3 Å². The number of hydrogen-bond acceptors (Lipinski definition) is 4. The van der Waals surface area contributed by atoms with E-state index in [0.717, 1.165) is 24.3 Å². The number of nitrogens with one attached hydrogen (secondary N) is 1. The highest BCUT2D eigenvalue weighted by atomic mass is 16.5. The maximum atomic E-state index is 11.7. The molecule has 0 fully saturated rings. The summed E-state index contributed by atoms with van der Waals surface area (Å²) in [5.74, 6) is 1.40. The van der Waals surface area contributed by atoms with Crippen LogP contribution in [0.4, 0.5) is 0 Å². The van der Waals surface area contributed by atoms with Gasteiger partial charge in [-0.3, -0.25) is 4.79 Å². The molecule has 1 N–H and O–H groups in total. The van der Waals surface area contributed by atoms with Crippen LogP contribution >= 0.6 is 0 Å². The minimum atomic E-state index is -0.0655. The standard InChI is InChI=1S/C16H26N2O3/c1-5-9-20-14-8-7-13(11-17-6-2)15(10-14)21-12-16(19)18(3)4/h7-8,10,17H,5-6,9,11-12H2,1-4H3. The normalized spacial score (nSPS) is 10.3. The molecular formula is C16H26N2O3. The van der Waals surface area contributed by atoms with E-state index in [1.165, 1.54) is 4.90 Å². The van der Waals surface area contributed by atoms with E-state index in [4.69, 9.17) is 9.47 Å². The van der Waals surface area contributed by atoms with Crippen molar-refractivity contribution in [3.05, 3.63) is 23.8 Å². The number of amides is 1. The van der Waals surface area contributed by atoms with Crippen LogP contribution in [0.3, 0.4) is 0 Å². The zero-order valence-electron chi connectivity index (χ0n) is 13.4. The van der Waals surface area contributed by atoms with Gasteiger partial charge in [-0.1, -0.05) is 19.9 Å². The Morgan fingerprint density at radius 2 is 2.00 bits per heavy atom. The minimum absolute atomic E-state index is 0.0311. The number of likely N-dealkylation sites (N-methyl/N-ethyl adjacent to an activating group) is 1. The van der Waals surface area contributed by atoms with Crippen molar-refractivity contribution in [2.45, 2.75) is 26.8 Å². The summed E-state index contributed by atoms with van der Waals surface area (Å²) in [6.45, 7) is 6.40. The number of rotatable bonds is 9. The van der Waals surface area contributed by atoms with Crippen LogP contribution in [-0.4, -0.2) is 44.7 Å². The fourth-order valence-electron chi connectivity index (χ4n) is 1.65. The van der Waals surface area contributed by atoms with E-state index >= 15 is 0 Å². The van der Waals surface area contributed by atoms with Gasteiger partial charge in [0.1, 0.15) is 11.5 Å². The molecule has 0 bridgehead atoms. The Bertz CT molecular complexity index is 447. The smallest absolute Gasteiger partial charge is 0.259 e. The SMILES string of the molecule is CCCOc1ccc(CNCC)c(OCC(=O)N(C)C)c1. The molecule has 21 heavy (non-hydrogen) atoms. The largest absolute Gasteiger partial charge is 0.493 e. The summed E-state index contributed by atoms with van der Waals surface area (Å²) in [5.41, 5.74) is 1.02. The molecule has 0 unspecified atom stereocenters. The maximum absolute atomic E-state index is 11.7. The van der Waals surface area contributed by atoms with Gasteiger partial charge in [-0.05, 0) is 19.0 Å². The van der Waals surface area contributed by atoms with E-state index in [9.17, 15) is 4.79 Å². The first kappa shape index (κ1) is 17.3. The fourth-order valence-corrected chi connectivity index (χ4v) is 1.65. The third-order valence-electron chi connectivity index (χ3n) is 2.93. The van der Waals surface area contributed by atoms with Crippen LogP contribution in [0.15, 0.2) is 18.2 Å². The van der Waals surface area contributed by atoms with Crippen LogP contribution in [-0.2, 0) is 11.3 Å². The zero-order valence-corrected chi connectivity index (χ0v) is 13.4. The van der Waals surface area contributed by atoms with E-state index in [2.05, 4.69) is 19.2 Å². The van der Waals surface area contributed by atoms with Gasteiger partial charge in [-0.25, -0.2) is 0 Å². The lowest BCUT2D eigenvalue weighted by atomic mass is 10.2.